The minimum Gasteiger partial charge on any atom is -0.469 e. The van der Waals surface area contributed by atoms with Gasteiger partial charge in [0.1, 0.15) is 0 Å². The predicted octanol–water partition coefficient (Wildman–Crippen LogP) is 6.00. The molecular weight excluding hydrogens is 406 g/mol. The zero-order chi connectivity index (χ0) is 22.6. The van der Waals surface area contributed by atoms with E-state index in [-0.39, 0.29) is 23.8 Å². The number of carbonyl (C=O) groups excluding carboxylic acids is 1. The maximum atomic E-state index is 13.8. The highest BCUT2D eigenvalue weighted by molar-refractivity contribution is 5.81. The Bertz CT molecular complexity index is 1170. The van der Waals surface area contributed by atoms with Gasteiger partial charge in [-0.1, -0.05) is 84.4 Å². The lowest BCUT2D eigenvalue weighted by molar-refractivity contribution is -0.160. The zero-order valence-electron chi connectivity index (χ0n) is 19.4. The highest BCUT2D eigenvalue weighted by Crippen LogP contribution is 2.69. The molecule has 3 heteroatoms. The van der Waals surface area contributed by atoms with Gasteiger partial charge >= 0.3 is 5.97 Å². The van der Waals surface area contributed by atoms with Crippen molar-refractivity contribution in [1.29, 1.82) is 0 Å². The third kappa shape index (κ3) is 3.02. The second-order valence-electron chi connectivity index (χ2n) is 10.2. The van der Waals surface area contributed by atoms with E-state index in [1.54, 1.807) is 7.11 Å². The third-order valence-electron chi connectivity index (χ3n) is 8.60. The molecule has 3 nitrogen and oxygen atoms in total. The van der Waals surface area contributed by atoms with Crippen molar-refractivity contribution >= 4 is 5.97 Å². The highest BCUT2D eigenvalue weighted by Gasteiger charge is 2.68. The summed E-state index contributed by atoms with van der Waals surface area (Å²) in [4.78, 5) is 16.3. The second-order valence-corrected chi connectivity index (χ2v) is 10.2. The normalized spacial score (nSPS) is 30.0. The number of hydrogen-bond acceptors (Lipinski definition) is 3. The summed E-state index contributed by atoms with van der Waals surface area (Å²) >= 11 is 0. The van der Waals surface area contributed by atoms with E-state index in [1.165, 1.54) is 27.8 Å². The molecule has 5 unspecified atom stereocenters. The predicted molar refractivity (Wildman–Crippen MR) is 130 cm³/mol. The first-order valence-electron chi connectivity index (χ1n) is 12.2. The minimum atomic E-state index is -0.504. The number of benzene rings is 3. The van der Waals surface area contributed by atoms with E-state index in [2.05, 4.69) is 90.7 Å². The van der Waals surface area contributed by atoms with Crippen molar-refractivity contribution in [2.75, 3.05) is 13.7 Å². The molecule has 0 N–H and O–H groups in total. The van der Waals surface area contributed by atoms with Crippen LogP contribution in [-0.4, -0.2) is 24.5 Å². The first kappa shape index (κ1) is 20.7. The lowest BCUT2D eigenvalue weighted by Crippen LogP contribution is -2.53. The molecule has 2 fully saturated rings. The molecule has 168 valence electrons. The maximum absolute atomic E-state index is 13.8. The van der Waals surface area contributed by atoms with Crippen LogP contribution in [0.3, 0.4) is 0 Å². The quantitative estimate of drug-likeness (QED) is 0.469. The largest absolute Gasteiger partial charge is 0.469 e. The van der Waals surface area contributed by atoms with Crippen LogP contribution >= 0.6 is 0 Å². The minimum absolute atomic E-state index is 0.0237. The monoisotopic (exact) mass is 437 g/mol. The molecule has 5 atom stereocenters. The number of likely N-dealkylation sites (tertiary alicyclic amines) is 1. The third-order valence-corrected chi connectivity index (χ3v) is 8.60. The molecular formula is C30H31NO2. The summed E-state index contributed by atoms with van der Waals surface area (Å²) in [5.74, 6) is 0.775. The fourth-order valence-electron chi connectivity index (χ4n) is 7.39. The SMILES string of the molecule is COC(=O)C12CN(Cc3ccccc3)C(c3ccc(C)cc3)C1C1CCC2c2ccccc21. The molecule has 0 radical (unpaired) electrons. The van der Waals surface area contributed by atoms with Gasteiger partial charge in [0.25, 0.3) is 0 Å². The van der Waals surface area contributed by atoms with Gasteiger partial charge in [0.2, 0.25) is 0 Å². The lowest BCUT2D eigenvalue weighted by Gasteiger charge is -2.53. The number of hydrogen-bond donors (Lipinski definition) is 0. The summed E-state index contributed by atoms with van der Waals surface area (Å²) in [6, 6.07) is 28.7. The zero-order valence-corrected chi connectivity index (χ0v) is 19.4. The Morgan fingerprint density at radius 2 is 1.64 bits per heavy atom. The van der Waals surface area contributed by atoms with Gasteiger partial charge < -0.3 is 4.74 Å². The topological polar surface area (TPSA) is 29.5 Å². The molecule has 1 aliphatic heterocycles. The van der Waals surface area contributed by atoms with E-state index < -0.39 is 5.41 Å². The van der Waals surface area contributed by atoms with Gasteiger partial charge in [-0.2, -0.15) is 0 Å². The fourth-order valence-corrected chi connectivity index (χ4v) is 7.39. The lowest BCUT2D eigenvalue weighted by atomic mass is 9.48. The van der Waals surface area contributed by atoms with Gasteiger partial charge in [-0.05, 0) is 47.9 Å². The molecule has 7 rings (SSSR count). The van der Waals surface area contributed by atoms with E-state index in [4.69, 9.17) is 4.74 Å². The van der Waals surface area contributed by atoms with Crippen LogP contribution in [0.4, 0.5) is 0 Å². The summed E-state index contributed by atoms with van der Waals surface area (Å²) < 4.78 is 5.60. The van der Waals surface area contributed by atoms with Crippen molar-refractivity contribution in [2.45, 2.75) is 44.2 Å². The number of methoxy groups -OCH3 is 1. The van der Waals surface area contributed by atoms with Crippen LogP contribution in [0.15, 0.2) is 78.9 Å². The van der Waals surface area contributed by atoms with E-state index in [9.17, 15) is 4.79 Å². The van der Waals surface area contributed by atoms with E-state index in [0.717, 1.165) is 25.9 Å². The molecule has 0 spiro atoms. The van der Waals surface area contributed by atoms with Gasteiger partial charge in [-0.3, -0.25) is 9.69 Å². The van der Waals surface area contributed by atoms with Crippen LogP contribution in [0.25, 0.3) is 0 Å². The van der Waals surface area contributed by atoms with Crippen molar-refractivity contribution in [1.82, 2.24) is 4.90 Å². The molecule has 3 aromatic rings. The van der Waals surface area contributed by atoms with E-state index >= 15 is 0 Å². The average molecular weight is 438 g/mol. The highest BCUT2D eigenvalue weighted by atomic mass is 16.5. The van der Waals surface area contributed by atoms with E-state index in [1.807, 2.05) is 0 Å². The Kier molecular flexibility index (Phi) is 4.92. The summed E-state index contributed by atoms with van der Waals surface area (Å²) in [6.07, 6.45) is 2.21. The number of carbonyl (C=O) groups is 1. The first-order chi connectivity index (χ1) is 16.1. The van der Waals surface area contributed by atoms with Crippen LogP contribution in [-0.2, 0) is 16.1 Å². The molecule has 0 amide bonds. The van der Waals surface area contributed by atoms with Crippen LogP contribution in [0.5, 0.6) is 0 Å². The molecule has 2 bridgehead atoms. The van der Waals surface area contributed by atoms with Gasteiger partial charge in [-0.15, -0.1) is 0 Å². The van der Waals surface area contributed by atoms with Gasteiger partial charge in [0, 0.05) is 31.0 Å². The molecule has 0 aromatic heterocycles. The smallest absolute Gasteiger partial charge is 0.314 e. The molecule has 1 heterocycles. The molecule has 1 saturated carbocycles. The average Bonchev–Trinajstić information content (AvgIpc) is 3.22. The van der Waals surface area contributed by atoms with Gasteiger partial charge in [-0.25, -0.2) is 0 Å². The van der Waals surface area contributed by atoms with Crippen molar-refractivity contribution in [3.63, 3.8) is 0 Å². The molecule has 33 heavy (non-hydrogen) atoms. The maximum Gasteiger partial charge on any atom is 0.314 e. The Hall–Kier alpha value is -2.91. The Balaban J connectivity index is 1.54. The van der Waals surface area contributed by atoms with Crippen LogP contribution in [0, 0.1) is 18.3 Å². The Morgan fingerprint density at radius 3 is 2.36 bits per heavy atom. The number of esters is 1. The molecule has 3 aromatic carbocycles. The number of nitrogens with zero attached hydrogens (tertiary/aromatic N) is 1. The summed E-state index contributed by atoms with van der Waals surface area (Å²) in [6.45, 7) is 3.72. The number of rotatable bonds is 4. The number of fused-ring (bicyclic) bond motifs is 1. The Morgan fingerprint density at radius 1 is 0.939 bits per heavy atom. The first-order valence-corrected chi connectivity index (χ1v) is 12.2. The number of aryl methyl sites for hydroxylation is 1. The van der Waals surface area contributed by atoms with E-state index in [0.29, 0.717) is 5.92 Å². The summed E-state index contributed by atoms with van der Waals surface area (Å²) in [7, 11) is 1.57. The fraction of sp³-hybridized carbons (Fsp3) is 0.367. The summed E-state index contributed by atoms with van der Waals surface area (Å²) in [5.41, 5.74) is 6.20. The summed E-state index contributed by atoms with van der Waals surface area (Å²) in [5, 5.41) is 0. The molecule has 4 aliphatic rings. The Labute approximate surface area is 196 Å². The van der Waals surface area contributed by atoms with Gasteiger partial charge in [0.05, 0.1) is 12.5 Å². The van der Waals surface area contributed by atoms with Crippen molar-refractivity contribution in [3.8, 4) is 0 Å². The van der Waals surface area contributed by atoms with Crippen molar-refractivity contribution in [2.24, 2.45) is 11.3 Å². The second kappa shape index (κ2) is 7.85. The standard InChI is InChI=1S/C30H31NO2/c1-20-12-14-22(15-13-20)28-27-25-16-17-26(24-11-7-6-10-23(24)25)30(27,29(32)33-2)19-31(28)18-21-8-4-3-5-9-21/h3-15,25-28H,16-19H2,1-2H3. The van der Waals surface area contributed by atoms with Gasteiger partial charge in [0.15, 0.2) is 0 Å². The number of ether oxygens (including phenoxy) is 1. The molecule has 1 saturated heterocycles. The van der Waals surface area contributed by atoms with Crippen LogP contribution < -0.4 is 0 Å². The molecule has 3 aliphatic carbocycles. The van der Waals surface area contributed by atoms with Crippen molar-refractivity contribution in [3.05, 3.63) is 107 Å². The van der Waals surface area contributed by atoms with Crippen LogP contribution in [0.1, 0.15) is 58.5 Å². The van der Waals surface area contributed by atoms with Crippen LogP contribution in [0.2, 0.25) is 0 Å². The van der Waals surface area contributed by atoms with Crippen molar-refractivity contribution < 1.29 is 9.53 Å².